The van der Waals surface area contributed by atoms with E-state index in [1.165, 1.54) is 24.3 Å². The van der Waals surface area contributed by atoms with Gasteiger partial charge in [0.25, 0.3) is 20.0 Å². The highest BCUT2D eigenvalue weighted by atomic mass is 127. The fourth-order valence-corrected chi connectivity index (χ4v) is 5.78. The summed E-state index contributed by atoms with van der Waals surface area (Å²) >= 11 is 15.8. The van der Waals surface area contributed by atoms with Crippen LogP contribution in [-0.2, 0) is 20.0 Å². The Labute approximate surface area is 247 Å². The van der Waals surface area contributed by atoms with E-state index in [1.807, 2.05) is 24.3 Å². The number of nitrogens with one attached hydrogen (secondary N) is 2. The molecule has 4 aromatic rings. The Kier molecular flexibility index (Phi) is 10.3. The standard InChI is InChI=1S/2C12H9ClINO2S/c2*13-9-1-7-12(8-2-9)18(16,17)15-11-5-3-10(14)4-6-11/h2*1-8,15H. The van der Waals surface area contributed by atoms with E-state index in [0.717, 1.165) is 7.14 Å². The number of benzene rings is 4. The van der Waals surface area contributed by atoms with Gasteiger partial charge in [-0.1, -0.05) is 23.2 Å². The minimum absolute atomic E-state index is 0.186. The second-order valence-corrected chi connectivity index (χ2v) is 13.9. The van der Waals surface area contributed by atoms with E-state index in [2.05, 4.69) is 54.6 Å². The average molecular weight is 787 g/mol. The molecule has 0 atom stereocenters. The molecular weight excluding hydrogens is 769 g/mol. The van der Waals surface area contributed by atoms with E-state index < -0.39 is 20.0 Å². The normalized spacial score (nSPS) is 11.2. The first-order chi connectivity index (χ1) is 16.9. The van der Waals surface area contributed by atoms with Crippen LogP contribution in [0.2, 0.25) is 10.0 Å². The number of anilines is 2. The van der Waals surface area contributed by atoms with Crippen molar-refractivity contribution in [3.8, 4) is 0 Å². The van der Waals surface area contributed by atoms with Crippen molar-refractivity contribution in [2.45, 2.75) is 9.79 Å². The van der Waals surface area contributed by atoms with Gasteiger partial charge in [0, 0.05) is 28.6 Å². The van der Waals surface area contributed by atoms with Crippen LogP contribution in [-0.4, -0.2) is 16.8 Å². The summed E-state index contributed by atoms with van der Waals surface area (Å²) in [5, 5.41) is 1.01. The molecule has 0 radical (unpaired) electrons. The third-order valence-corrected chi connectivity index (χ3v) is 9.18. The lowest BCUT2D eigenvalue weighted by Crippen LogP contribution is -2.12. The molecule has 4 rings (SSSR count). The molecule has 0 aliphatic rings. The third kappa shape index (κ3) is 8.77. The van der Waals surface area contributed by atoms with Crippen molar-refractivity contribution in [2.24, 2.45) is 0 Å². The molecule has 0 amide bonds. The van der Waals surface area contributed by atoms with Gasteiger partial charge in [-0.05, 0) is 142 Å². The van der Waals surface area contributed by atoms with Crippen molar-refractivity contribution in [1.82, 2.24) is 0 Å². The minimum atomic E-state index is -3.55. The van der Waals surface area contributed by atoms with E-state index in [9.17, 15) is 16.8 Å². The van der Waals surface area contributed by atoms with E-state index in [1.54, 1.807) is 48.5 Å². The molecule has 2 N–H and O–H groups in total. The lowest BCUT2D eigenvalue weighted by atomic mass is 10.3. The van der Waals surface area contributed by atoms with Gasteiger partial charge in [-0.15, -0.1) is 0 Å². The van der Waals surface area contributed by atoms with Crippen LogP contribution in [0.5, 0.6) is 0 Å². The molecule has 12 heteroatoms. The predicted octanol–water partition coefficient (Wildman–Crippen LogP) is 7.49. The number of hydrogen-bond acceptors (Lipinski definition) is 4. The first-order valence-electron chi connectivity index (χ1n) is 10.0. The molecule has 36 heavy (non-hydrogen) atoms. The number of sulfonamides is 2. The maximum Gasteiger partial charge on any atom is 0.261 e. The molecule has 0 aliphatic carbocycles. The van der Waals surface area contributed by atoms with Gasteiger partial charge in [-0.2, -0.15) is 0 Å². The van der Waals surface area contributed by atoms with Crippen molar-refractivity contribution in [1.29, 1.82) is 0 Å². The van der Waals surface area contributed by atoms with Crippen LogP contribution >= 0.6 is 68.4 Å². The van der Waals surface area contributed by atoms with Crippen LogP contribution in [0.3, 0.4) is 0 Å². The lowest BCUT2D eigenvalue weighted by Gasteiger charge is -2.08. The van der Waals surface area contributed by atoms with Crippen LogP contribution in [0.25, 0.3) is 0 Å². The van der Waals surface area contributed by atoms with E-state index in [-0.39, 0.29) is 9.79 Å². The maximum atomic E-state index is 12.0. The van der Waals surface area contributed by atoms with Gasteiger partial charge in [0.2, 0.25) is 0 Å². The van der Waals surface area contributed by atoms with Gasteiger partial charge < -0.3 is 0 Å². The Bertz CT molecular complexity index is 1400. The van der Waals surface area contributed by atoms with Gasteiger partial charge >= 0.3 is 0 Å². The molecule has 0 aromatic heterocycles. The highest BCUT2D eigenvalue weighted by Crippen LogP contribution is 2.20. The Morgan fingerprint density at radius 3 is 1.03 bits per heavy atom. The van der Waals surface area contributed by atoms with Gasteiger partial charge in [0.05, 0.1) is 9.79 Å². The topological polar surface area (TPSA) is 92.3 Å². The zero-order chi connectivity index (χ0) is 26.3. The monoisotopic (exact) mass is 786 g/mol. The first kappa shape index (κ1) is 29.0. The van der Waals surface area contributed by atoms with Crippen LogP contribution in [0.15, 0.2) is 107 Å². The molecule has 6 nitrogen and oxygen atoms in total. The van der Waals surface area contributed by atoms with Crippen molar-refractivity contribution in [3.63, 3.8) is 0 Å². The molecule has 0 saturated heterocycles. The summed E-state index contributed by atoms with van der Waals surface area (Å²) in [5.74, 6) is 0. The van der Waals surface area contributed by atoms with Gasteiger partial charge in [0.15, 0.2) is 0 Å². The Morgan fingerprint density at radius 1 is 0.472 bits per heavy atom. The van der Waals surface area contributed by atoms with E-state index in [0.29, 0.717) is 21.4 Å². The molecule has 0 fully saturated rings. The van der Waals surface area contributed by atoms with Crippen molar-refractivity contribution in [3.05, 3.63) is 114 Å². The quantitative estimate of drug-likeness (QED) is 0.198. The summed E-state index contributed by atoms with van der Waals surface area (Å²) in [5.41, 5.74) is 1.07. The summed E-state index contributed by atoms with van der Waals surface area (Å²) in [6.45, 7) is 0. The highest BCUT2D eigenvalue weighted by Gasteiger charge is 2.14. The van der Waals surface area contributed by atoms with Gasteiger partial charge in [-0.3, -0.25) is 9.44 Å². The molecule has 0 saturated carbocycles. The smallest absolute Gasteiger partial charge is 0.261 e. The molecule has 0 bridgehead atoms. The van der Waals surface area contributed by atoms with Crippen LogP contribution in [0.1, 0.15) is 0 Å². The Balaban J connectivity index is 0.000000201. The second-order valence-electron chi connectivity index (χ2n) is 7.13. The fraction of sp³-hybridized carbons (Fsp3) is 0. The van der Waals surface area contributed by atoms with Crippen LogP contribution < -0.4 is 9.44 Å². The van der Waals surface area contributed by atoms with E-state index in [4.69, 9.17) is 23.2 Å². The molecule has 188 valence electrons. The van der Waals surface area contributed by atoms with E-state index >= 15 is 0 Å². The Hall–Kier alpha value is -1.58. The summed E-state index contributed by atoms with van der Waals surface area (Å²) < 4.78 is 55.3. The highest BCUT2D eigenvalue weighted by molar-refractivity contribution is 14.1. The summed E-state index contributed by atoms with van der Waals surface area (Å²) in [6.07, 6.45) is 0. The number of halogens is 4. The largest absolute Gasteiger partial charge is 0.280 e. The summed E-state index contributed by atoms with van der Waals surface area (Å²) in [7, 11) is -7.11. The summed E-state index contributed by atoms with van der Waals surface area (Å²) in [4.78, 5) is 0.371. The molecule has 0 unspecified atom stereocenters. The SMILES string of the molecule is O=S(=O)(Nc1ccc(I)cc1)c1ccc(Cl)cc1.O=S(=O)(Nc1ccc(I)cc1)c1ccc(Cl)cc1. The van der Waals surface area contributed by atoms with Crippen molar-refractivity contribution < 1.29 is 16.8 Å². The predicted molar refractivity (Wildman–Crippen MR) is 163 cm³/mol. The first-order valence-corrected chi connectivity index (χ1v) is 15.9. The van der Waals surface area contributed by atoms with Crippen LogP contribution in [0, 0.1) is 7.14 Å². The lowest BCUT2D eigenvalue weighted by molar-refractivity contribution is 0.599. The van der Waals surface area contributed by atoms with Gasteiger partial charge in [0.1, 0.15) is 0 Å². The van der Waals surface area contributed by atoms with Gasteiger partial charge in [-0.25, -0.2) is 16.8 Å². The number of rotatable bonds is 6. The third-order valence-electron chi connectivity index (χ3n) is 4.44. The molecule has 0 aliphatic heterocycles. The molecule has 0 heterocycles. The van der Waals surface area contributed by atoms with Crippen molar-refractivity contribution >= 4 is 99.8 Å². The zero-order valence-corrected chi connectivity index (χ0v) is 25.7. The summed E-state index contributed by atoms with van der Waals surface area (Å²) in [6, 6.07) is 26.3. The number of hydrogen-bond donors (Lipinski definition) is 2. The van der Waals surface area contributed by atoms with Crippen LogP contribution in [0.4, 0.5) is 11.4 Å². The molecular formula is C24H18Cl2I2N2O4S2. The maximum absolute atomic E-state index is 12.0. The Morgan fingerprint density at radius 2 is 0.750 bits per heavy atom. The second kappa shape index (κ2) is 12.8. The van der Waals surface area contributed by atoms with Crippen molar-refractivity contribution in [2.75, 3.05) is 9.44 Å². The molecule has 4 aromatic carbocycles. The fourth-order valence-electron chi connectivity index (χ4n) is 2.69. The zero-order valence-electron chi connectivity index (χ0n) is 18.2. The molecule has 0 spiro atoms. The minimum Gasteiger partial charge on any atom is -0.280 e. The average Bonchev–Trinajstić information content (AvgIpc) is 2.83.